The Morgan fingerprint density at radius 2 is 1.95 bits per heavy atom. The van der Waals surface area contributed by atoms with Gasteiger partial charge in [-0.05, 0) is 30.3 Å². The molecule has 0 unspecified atom stereocenters. The zero-order valence-electron chi connectivity index (χ0n) is 11.5. The summed E-state index contributed by atoms with van der Waals surface area (Å²) in [6.07, 6.45) is 3.64. The quantitative estimate of drug-likeness (QED) is 0.781. The fourth-order valence-electron chi connectivity index (χ4n) is 2.09. The average molecular weight is 300 g/mol. The first kappa shape index (κ1) is 13.5. The number of anilines is 2. The van der Waals surface area contributed by atoms with Gasteiger partial charge in [0, 0.05) is 23.1 Å². The number of nitrogens with zero attached hydrogens (tertiary/aromatic N) is 2. The summed E-state index contributed by atoms with van der Waals surface area (Å²) >= 11 is 6.05. The normalized spacial score (nSPS) is 10.4. The number of rotatable bonds is 4. The molecule has 0 aliphatic carbocycles. The second kappa shape index (κ2) is 5.89. The molecule has 1 aromatic heterocycles. The molecule has 21 heavy (non-hydrogen) atoms. The van der Waals surface area contributed by atoms with Crippen molar-refractivity contribution in [3.8, 4) is 11.4 Å². The smallest absolute Gasteiger partial charge is 0.212 e. The van der Waals surface area contributed by atoms with Crippen molar-refractivity contribution in [2.24, 2.45) is 0 Å². The minimum absolute atomic E-state index is 0.635. The van der Waals surface area contributed by atoms with Crippen LogP contribution in [0.3, 0.4) is 0 Å². The Balaban J connectivity index is 1.97. The number of imidazole rings is 1. The molecule has 1 N–H and O–H groups in total. The van der Waals surface area contributed by atoms with Crippen LogP contribution in [0, 0.1) is 0 Å². The van der Waals surface area contributed by atoms with Gasteiger partial charge in [-0.2, -0.15) is 0 Å². The summed E-state index contributed by atoms with van der Waals surface area (Å²) in [7, 11) is 1.62. The monoisotopic (exact) mass is 299 g/mol. The largest absolute Gasteiger partial charge is 0.495 e. The number of hydrogen-bond acceptors (Lipinski definition) is 3. The third-order valence-electron chi connectivity index (χ3n) is 3.08. The van der Waals surface area contributed by atoms with Gasteiger partial charge in [0.05, 0.1) is 12.8 Å². The van der Waals surface area contributed by atoms with Crippen molar-refractivity contribution >= 4 is 23.2 Å². The standard InChI is InChI=1S/C16H14ClN3O/c1-21-15-8-7-12(17)11-14(15)19-16-18-9-10-20(16)13-5-3-2-4-6-13/h2-11H,1H3,(H,18,19). The Morgan fingerprint density at radius 3 is 2.71 bits per heavy atom. The second-order valence-electron chi connectivity index (χ2n) is 4.43. The maximum atomic E-state index is 6.05. The number of halogens is 1. The Morgan fingerprint density at radius 1 is 1.14 bits per heavy atom. The van der Waals surface area contributed by atoms with Gasteiger partial charge in [0.25, 0.3) is 0 Å². The molecule has 3 aromatic rings. The third kappa shape index (κ3) is 2.85. The molecule has 1 heterocycles. The van der Waals surface area contributed by atoms with E-state index in [0.29, 0.717) is 16.7 Å². The predicted octanol–water partition coefficient (Wildman–Crippen LogP) is 4.28. The van der Waals surface area contributed by atoms with Gasteiger partial charge in [-0.3, -0.25) is 4.57 Å². The summed E-state index contributed by atoms with van der Waals surface area (Å²) in [6, 6.07) is 15.4. The minimum atomic E-state index is 0.635. The first-order valence-corrected chi connectivity index (χ1v) is 6.85. The lowest BCUT2D eigenvalue weighted by Gasteiger charge is -2.13. The first-order valence-electron chi connectivity index (χ1n) is 6.47. The van der Waals surface area contributed by atoms with E-state index in [0.717, 1.165) is 11.4 Å². The second-order valence-corrected chi connectivity index (χ2v) is 4.86. The summed E-state index contributed by atoms with van der Waals surface area (Å²) in [5, 5.41) is 3.89. The molecule has 0 aliphatic heterocycles. The van der Waals surface area contributed by atoms with Crippen LogP contribution in [0.15, 0.2) is 60.9 Å². The van der Waals surface area contributed by atoms with Crippen molar-refractivity contribution in [3.05, 3.63) is 65.9 Å². The molecule has 5 heteroatoms. The molecule has 0 atom stereocenters. The lowest BCUT2D eigenvalue weighted by Crippen LogP contribution is -2.02. The van der Waals surface area contributed by atoms with Gasteiger partial charge in [-0.15, -0.1) is 0 Å². The molecule has 0 fully saturated rings. The molecule has 0 saturated heterocycles. The highest BCUT2D eigenvalue weighted by Gasteiger charge is 2.09. The Bertz CT molecular complexity index is 740. The number of nitrogens with one attached hydrogen (secondary N) is 1. The summed E-state index contributed by atoms with van der Waals surface area (Å²) in [4.78, 5) is 4.35. The van der Waals surface area contributed by atoms with Crippen LogP contribution < -0.4 is 10.1 Å². The molecule has 2 aromatic carbocycles. The van der Waals surface area contributed by atoms with E-state index in [9.17, 15) is 0 Å². The van der Waals surface area contributed by atoms with Crippen LogP contribution in [0.1, 0.15) is 0 Å². The van der Waals surface area contributed by atoms with Gasteiger partial charge >= 0.3 is 0 Å². The molecular weight excluding hydrogens is 286 g/mol. The first-order chi connectivity index (χ1) is 10.3. The van der Waals surface area contributed by atoms with Gasteiger partial charge in [-0.1, -0.05) is 29.8 Å². The van der Waals surface area contributed by atoms with E-state index in [1.54, 1.807) is 19.4 Å². The number of hydrogen-bond donors (Lipinski definition) is 1. The zero-order chi connectivity index (χ0) is 14.7. The van der Waals surface area contributed by atoms with Crippen LogP contribution in [0.2, 0.25) is 5.02 Å². The van der Waals surface area contributed by atoms with E-state index in [4.69, 9.17) is 16.3 Å². The maximum Gasteiger partial charge on any atom is 0.212 e. The molecule has 4 nitrogen and oxygen atoms in total. The molecule has 0 aliphatic rings. The number of aromatic nitrogens is 2. The van der Waals surface area contributed by atoms with Crippen molar-refractivity contribution in [1.82, 2.24) is 9.55 Å². The third-order valence-corrected chi connectivity index (χ3v) is 3.32. The van der Waals surface area contributed by atoms with E-state index in [-0.39, 0.29) is 0 Å². The van der Waals surface area contributed by atoms with Crippen LogP contribution in [0.4, 0.5) is 11.6 Å². The SMILES string of the molecule is COc1ccc(Cl)cc1Nc1nccn1-c1ccccc1. The Kier molecular flexibility index (Phi) is 3.79. The van der Waals surface area contributed by atoms with E-state index < -0.39 is 0 Å². The van der Waals surface area contributed by atoms with Gasteiger partial charge in [-0.25, -0.2) is 4.98 Å². The highest BCUT2D eigenvalue weighted by atomic mass is 35.5. The Labute approximate surface area is 128 Å². The van der Waals surface area contributed by atoms with Crippen LogP contribution >= 0.6 is 11.6 Å². The average Bonchev–Trinajstić information content (AvgIpc) is 2.96. The lowest BCUT2D eigenvalue weighted by molar-refractivity contribution is 0.417. The number of benzene rings is 2. The van der Waals surface area contributed by atoms with Crippen LogP contribution in [-0.2, 0) is 0 Å². The zero-order valence-corrected chi connectivity index (χ0v) is 12.2. The van der Waals surface area contributed by atoms with E-state index in [2.05, 4.69) is 10.3 Å². The summed E-state index contributed by atoms with van der Waals surface area (Å²) in [5.74, 6) is 1.41. The van der Waals surface area contributed by atoms with Crippen LogP contribution in [-0.4, -0.2) is 16.7 Å². The number of para-hydroxylation sites is 1. The Hall–Kier alpha value is -2.46. The molecule has 0 spiro atoms. The highest BCUT2D eigenvalue weighted by Crippen LogP contribution is 2.30. The van der Waals surface area contributed by atoms with E-state index in [1.165, 1.54) is 0 Å². The number of methoxy groups -OCH3 is 1. The van der Waals surface area contributed by atoms with Crippen molar-refractivity contribution in [2.75, 3.05) is 12.4 Å². The molecule has 0 bridgehead atoms. The van der Waals surface area contributed by atoms with Crippen molar-refractivity contribution < 1.29 is 4.74 Å². The molecule has 0 radical (unpaired) electrons. The maximum absolute atomic E-state index is 6.05. The minimum Gasteiger partial charge on any atom is -0.495 e. The van der Waals surface area contributed by atoms with Crippen molar-refractivity contribution in [1.29, 1.82) is 0 Å². The summed E-state index contributed by atoms with van der Waals surface area (Å²) < 4.78 is 7.30. The van der Waals surface area contributed by atoms with Gasteiger partial charge in [0.2, 0.25) is 5.95 Å². The van der Waals surface area contributed by atoms with Crippen molar-refractivity contribution in [3.63, 3.8) is 0 Å². The van der Waals surface area contributed by atoms with Gasteiger partial charge in [0.1, 0.15) is 5.75 Å². The molecule has 106 valence electrons. The van der Waals surface area contributed by atoms with Gasteiger partial charge in [0.15, 0.2) is 0 Å². The molecule has 0 amide bonds. The van der Waals surface area contributed by atoms with Crippen LogP contribution in [0.25, 0.3) is 5.69 Å². The van der Waals surface area contributed by atoms with Crippen molar-refractivity contribution in [2.45, 2.75) is 0 Å². The summed E-state index contributed by atoms with van der Waals surface area (Å²) in [5.41, 5.74) is 1.80. The topological polar surface area (TPSA) is 39.1 Å². The lowest BCUT2D eigenvalue weighted by atomic mass is 10.3. The highest BCUT2D eigenvalue weighted by molar-refractivity contribution is 6.31. The predicted molar refractivity (Wildman–Crippen MR) is 84.9 cm³/mol. The molecule has 3 rings (SSSR count). The van der Waals surface area contributed by atoms with Gasteiger partial charge < -0.3 is 10.1 Å². The van der Waals surface area contributed by atoms with E-state index >= 15 is 0 Å². The summed E-state index contributed by atoms with van der Waals surface area (Å²) in [6.45, 7) is 0. The van der Waals surface area contributed by atoms with Crippen LogP contribution in [0.5, 0.6) is 5.75 Å². The van der Waals surface area contributed by atoms with E-state index in [1.807, 2.05) is 53.2 Å². The molecule has 0 saturated carbocycles. The number of ether oxygens (including phenoxy) is 1. The fourth-order valence-corrected chi connectivity index (χ4v) is 2.26. The fraction of sp³-hybridized carbons (Fsp3) is 0.0625. The molecular formula is C16H14ClN3O.